The number of rotatable bonds is 2. The Morgan fingerprint density at radius 1 is 1.33 bits per heavy atom. The third kappa shape index (κ3) is 1.37. The molecule has 0 aliphatic rings. The van der Waals surface area contributed by atoms with Crippen LogP contribution in [0.3, 0.4) is 0 Å². The maximum atomic E-state index is 12.7. The molecule has 0 bridgehead atoms. The molecule has 4 heteroatoms. The average Bonchev–Trinajstić information content (AvgIpc) is 2.08. The van der Waals surface area contributed by atoms with Gasteiger partial charge in [-0.15, -0.1) is 0 Å². The molecule has 0 saturated carbocycles. The number of ketones is 1. The zero-order chi connectivity index (χ0) is 9.14. The van der Waals surface area contributed by atoms with E-state index in [0.29, 0.717) is 0 Å². The molecule has 0 aliphatic carbocycles. The zero-order valence-corrected chi connectivity index (χ0v) is 5.88. The highest BCUT2D eigenvalue weighted by molar-refractivity contribution is 6.33. The number of aldehydes is 1. The van der Waals surface area contributed by atoms with Gasteiger partial charge >= 0.3 is 0 Å². The van der Waals surface area contributed by atoms with Crippen LogP contribution in [0.15, 0.2) is 18.2 Å². The van der Waals surface area contributed by atoms with E-state index < -0.39 is 23.0 Å². The Morgan fingerprint density at radius 3 is 2.58 bits per heavy atom. The molecule has 12 heavy (non-hydrogen) atoms. The normalized spacial score (nSPS) is 9.50. The summed E-state index contributed by atoms with van der Waals surface area (Å²) in [4.78, 5) is 20.5. The summed E-state index contributed by atoms with van der Waals surface area (Å²) in [7, 11) is 0. The molecule has 0 unspecified atom stereocenters. The van der Waals surface area contributed by atoms with Crippen molar-refractivity contribution in [1.29, 1.82) is 0 Å². The fourth-order valence-electron chi connectivity index (χ4n) is 0.758. The number of carbonyl (C=O) groups is 2. The second kappa shape index (κ2) is 3.21. The molecule has 0 amide bonds. The van der Waals surface area contributed by atoms with Crippen LogP contribution in [0.2, 0.25) is 0 Å². The number of Topliss-reactive ketones (excluding diaryl/α,β-unsaturated/α-hetero) is 1. The number of benzene rings is 1. The van der Waals surface area contributed by atoms with Gasteiger partial charge < -0.3 is 0 Å². The molecule has 62 valence electrons. The molecular weight excluding hydrogens is 166 g/mol. The van der Waals surface area contributed by atoms with Crippen LogP contribution in [0.25, 0.3) is 0 Å². The smallest absolute Gasteiger partial charge is 0.228 e. The summed E-state index contributed by atoms with van der Waals surface area (Å²) in [5.74, 6) is -3.48. The van der Waals surface area contributed by atoms with E-state index in [2.05, 4.69) is 0 Å². The molecule has 0 N–H and O–H groups in total. The van der Waals surface area contributed by atoms with Crippen molar-refractivity contribution in [3.63, 3.8) is 0 Å². The van der Waals surface area contributed by atoms with Crippen LogP contribution in [0.5, 0.6) is 0 Å². The Hall–Kier alpha value is -1.58. The summed E-state index contributed by atoms with van der Waals surface area (Å²) < 4.78 is 25.1. The van der Waals surface area contributed by atoms with Crippen LogP contribution in [0, 0.1) is 11.6 Å². The van der Waals surface area contributed by atoms with Crippen molar-refractivity contribution in [2.45, 2.75) is 0 Å². The topological polar surface area (TPSA) is 34.1 Å². The van der Waals surface area contributed by atoms with E-state index in [1.54, 1.807) is 0 Å². The molecule has 0 heterocycles. The van der Waals surface area contributed by atoms with Crippen molar-refractivity contribution in [2.75, 3.05) is 0 Å². The third-order valence-electron chi connectivity index (χ3n) is 1.32. The van der Waals surface area contributed by atoms with Crippen molar-refractivity contribution in [3.05, 3.63) is 35.4 Å². The van der Waals surface area contributed by atoms with Gasteiger partial charge in [-0.2, -0.15) is 0 Å². The minimum atomic E-state index is -1.28. The molecule has 2 nitrogen and oxygen atoms in total. The Labute approximate surface area is 66.8 Å². The van der Waals surface area contributed by atoms with E-state index in [-0.39, 0.29) is 6.29 Å². The van der Waals surface area contributed by atoms with Crippen molar-refractivity contribution >= 4 is 12.1 Å². The van der Waals surface area contributed by atoms with E-state index >= 15 is 0 Å². The lowest BCUT2D eigenvalue weighted by molar-refractivity contribution is -0.104. The monoisotopic (exact) mass is 170 g/mol. The van der Waals surface area contributed by atoms with Gasteiger partial charge in [-0.3, -0.25) is 9.59 Å². The molecule has 0 fully saturated rings. The van der Waals surface area contributed by atoms with Gasteiger partial charge in [0, 0.05) is 0 Å². The van der Waals surface area contributed by atoms with Crippen LogP contribution >= 0.6 is 0 Å². The molecule has 0 atom stereocenters. The lowest BCUT2D eigenvalue weighted by Gasteiger charge is -1.96. The molecule has 1 aromatic carbocycles. The van der Waals surface area contributed by atoms with E-state index in [0.717, 1.165) is 18.2 Å². The van der Waals surface area contributed by atoms with E-state index in [1.165, 1.54) is 0 Å². The molecule has 1 rings (SSSR count). The van der Waals surface area contributed by atoms with Gasteiger partial charge in [0.1, 0.15) is 0 Å². The first-order chi connectivity index (χ1) is 5.66. The predicted octanol–water partition coefficient (Wildman–Crippen LogP) is 1.35. The minimum Gasteiger partial charge on any atom is -0.294 e. The van der Waals surface area contributed by atoms with Gasteiger partial charge in [0.05, 0.1) is 5.56 Å². The molecule has 0 aromatic heterocycles. The van der Waals surface area contributed by atoms with Crippen molar-refractivity contribution in [2.24, 2.45) is 0 Å². The van der Waals surface area contributed by atoms with E-state index in [9.17, 15) is 18.4 Å². The van der Waals surface area contributed by atoms with Gasteiger partial charge in [0.2, 0.25) is 5.78 Å². The fraction of sp³-hybridized carbons (Fsp3) is 0. The standard InChI is InChI=1S/C8H4F2O2/c9-6-3-1-2-5(8(6)10)7(12)4-11/h1-4H. The number of hydrogen-bond acceptors (Lipinski definition) is 2. The van der Waals surface area contributed by atoms with Crippen molar-refractivity contribution < 1.29 is 18.4 Å². The van der Waals surface area contributed by atoms with Crippen LogP contribution in [-0.4, -0.2) is 12.1 Å². The third-order valence-corrected chi connectivity index (χ3v) is 1.32. The number of hydrogen-bond donors (Lipinski definition) is 0. The quantitative estimate of drug-likeness (QED) is 0.381. The molecule has 0 aliphatic heterocycles. The number of carbonyl (C=O) groups excluding carboxylic acids is 2. The second-order valence-electron chi connectivity index (χ2n) is 2.08. The summed E-state index contributed by atoms with van der Waals surface area (Å²) in [6.07, 6.45) is -0.0577. The van der Waals surface area contributed by atoms with Gasteiger partial charge in [-0.05, 0) is 12.1 Å². The molecule has 0 radical (unpaired) electrons. The van der Waals surface area contributed by atoms with Gasteiger partial charge in [-0.25, -0.2) is 8.78 Å². The number of halogens is 2. The SMILES string of the molecule is O=CC(=O)c1cccc(F)c1F. The highest BCUT2D eigenvalue weighted by Gasteiger charge is 2.13. The first-order valence-corrected chi connectivity index (χ1v) is 3.10. The van der Waals surface area contributed by atoms with E-state index in [4.69, 9.17) is 0 Å². The lowest BCUT2D eigenvalue weighted by atomic mass is 10.1. The predicted molar refractivity (Wildman–Crippen MR) is 36.8 cm³/mol. The maximum absolute atomic E-state index is 12.7. The van der Waals surface area contributed by atoms with Crippen LogP contribution in [0.4, 0.5) is 8.78 Å². The fourth-order valence-corrected chi connectivity index (χ4v) is 0.758. The molecular formula is C8H4F2O2. The summed E-state index contributed by atoms with van der Waals surface area (Å²) in [5.41, 5.74) is -0.537. The van der Waals surface area contributed by atoms with Crippen LogP contribution in [0.1, 0.15) is 10.4 Å². The largest absolute Gasteiger partial charge is 0.294 e. The highest BCUT2D eigenvalue weighted by Crippen LogP contribution is 2.10. The Morgan fingerprint density at radius 2 is 2.00 bits per heavy atom. The lowest BCUT2D eigenvalue weighted by Crippen LogP contribution is -2.04. The first-order valence-electron chi connectivity index (χ1n) is 3.10. The molecule has 0 spiro atoms. The summed E-state index contributed by atoms with van der Waals surface area (Å²) in [6.45, 7) is 0. The Bertz CT molecular complexity index is 334. The summed E-state index contributed by atoms with van der Waals surface area (Å²) in [6, 6.07) is 3.08. The van der Waals surface area contributed by atoms with Gasteiger partial charge in [0.15, 0.2) is 17.9 Å². The Kier molecular flexibility index (Phi) is 2.28. The maximum Gasteiger partial charge on any atom is 0.228 e. The van der Waals surface area contributed by atoms with Crippen molar-refractivity contribution in [1.82, 2.24) is 0 Å². The van der Waals surface area contributed by atoms with Crippen molar-refractivity contribution in [3.8, 4) is 0 Å². The zero-order valence-electron chi connectivity index (χ0n) is 5.88. The van der Waals surface area contributed by atoms with Crippen LogP contribution in [-0.2, 0) is 4.79 Å². The first kappa shape index (κ1) is 8.52. The van der Waals surface area contributed by atoms with E-state index in [1.807, 2.05) is 0 Å². The average molecular weight is 170 g/mol. The van der Waals surface area contributed by atoms with Crippen LogP contribution < -0.4 is 0 Å². The van der Waals surface area contributed by atoms with Gasteiger partial charge in [0.25, 0.3) is 0 Å². The second-order valence-corrected chi connectivity index (χ2v) is 2.08. The van der Waals surface area contributed by atoms with Gasteiger partial charge in [-0.1, -0.05) is 6.07 Å². The Balaban J connectivity index is 3.25. The molecule has 1 aromatic rings. The summed E-state index contributed by atoms with van der Waals surface area (Å²) in [5, 5.41) is 0. The summed E-state index contributed by atoms with van der Waals surface area (Å²) >= 11 is 0. The highest BCUT2D eigenvalue weighted by atomic mass is 19.2. The minimum absolute atomic E-state index is 0.0577. The molecule has 0 saturated heterocycles.